The molecule has 0 bridgehead atoms. The number of ether oxygens (including phenoxy) is 2. The van der Waals surface area contributed by atoms with Gasteiger partial charge in [0.25, 0.3) is 0 Å². The zero-order valence-electron chi connectivity index (χ0n) is 8.84. The Kier molecular flexibility index (Phi) is 7.69. The predicted octanol–water partition coefficient (Wildman–Crippen LogP) is 2.14. The van der Waals surface area contributed by atoms with E-state index in [1.54, 1.807) is 6.92 Å². The van der Waals surface area contributed by atoms with E-state index in [1.807, 2.05) is 13.8 Å². The summed E-state index contributed by atoms with van der Waals surface area (Å²) in [5.41, 5.74) is 0. The molecule has 0 aliphatic heterocycles. The van der Waals surface area contributed by atoms with Crippen LogP contribution in [0.2, 0.25) is 0 Å². The van der Waals surface area contributed by atoms with Crippen LogP contribution in [0.5, 0.6) is 0 Å². The molecule has 78 valence electrons. The summed E-state index contributed by atoms with van der Waals surface area (Å²) >= 11 is 0. The lowest BCUT2D eigenvalue weighted by Crippen LogP contribution is -2.07. The lowest BCUT2D eigenvalue weighted by molar-refractivity contribution is -0.143. The second-order valence-electron chi connectivity index (χ2n) is 3.20. The highest BCUT2D eigenvalue weighted by atomic mass is 16.5. The fraction of sp³-hybridized carbons (Fsp3) is 0.900. The van der Waals surface area contributed by atoms with Crippen LogP contribution in [-0.2, 0) is 14.3 Å². The van der Waals surface area contributed by atoms with Crippen molar-refractivity contribution in [2.75, 3.05) is 13.2 Å². The average Bonchev–Trinajstić information content (AvgIpc) is 2.10. The van der Waals surface area contributed by atoms with E-state index in [-0.39, 0.29) is 12.1 Å². The number of carbonyl (C=O) groups is 1. The average molecular weight is 188 g/mol. The molecule has 0 amide bonds. The van der Waals surface area contributed by atoms with Gasteiger partial charge in [-0.25, -0.2) is 0 Å². The summed E-state index contributed by atoms with van der Waals surface area (Å²) in [4.78, 5) is 10.7. The van der Waals surface area contributed by atoms with Gasteiger partial charge >= 0.3 is 5.97 Å². The smallest absolute Gasteiger partial charge is 0.305 e. The van der Waals surface area contributed by atoms with Crippen LogP contribution in [0.1, 0.15) is 40.0 Å². The Morgan fingerprint density at radius 1 is 1.23 bits per heavy atom. The molecular weight excluding hydrogens is 168 g/mol. The molecule has 0 aromatic rings. The van der Waals surface area contributed by atoms with Crippen molar-refractivity contribution in [3.05, 3.63) is 0 Å². The first-order valence-corrected chi connectivity index (χ1v) is 4.94. The summed E-state index contributed by atoms with van der Waals surface area (Å²) in [6.45, 7) is 7.09. The van der Waals surface area contributed by atoms with Crippen LogP contribution in [-0.4, -0.2) is 25.3 Å². The first kappa shape index (κ1) is 12.4. The summed E-state index contributed by atoms with van der Waals surface area (Å²) < 4.78 is 10.2. The van der Waals surface area contributed by atoms with Crippen LogP contribution in [0.15, 0.2) is 0 Å². The second kappa shape index (κ2) is 8.05. The van der Waals surface area contributed by atoms with E-state index in [4.69, 9.17) is 9.47 Å². The van der Waals surface area contributed by atoms with Crippen molar-refractivity contribution in [1.82, 2.24) is 0 Å². The van der Waals surface area contributed by atoms with Gasteiger partial charge in [0.05, 0.1) is 12.7 Å². The van der Waals surface area contributed by atoms with Crippen LogP contribution < -0.4 is 0 Å². The number of unbranched alkanes of at least 4 members (excludes halogenated alkanes) is 1. The van der Waals surface area contributed by atoms with Crippen molar-refractivity contribution in [3.8, 4) is 0 Å². The largest absolute Gasteiger partial charge is 0.466 e. The van der Waals surface area contributed by atoms with Gasteiger partial charge in [0, 0.05) is 13.0 Å². The standard InChI is InChI=1S/C10H20O3/c1-4-10(11)13-8-6-5-7-12-9(2)3/h9H,4-8H2,1-3H3. The van der Waals surface area contributed by atoms with Gasteiger partial charge in [0.15, 0.2) is 0 Å². The number of rotatable bonds is 7. The summed E-state index contributed by atoms with van der Waals surface area (Å²) in [7, 11) is 0. The van der Waals surface area contributed by atoms with E-state index in [1.165, 1.54) is 0 Å². The van der Waals surface area contributed by atoms with Crippen molar-refractivity contribution in [2.45, 2.75) is 46.1 Å². The fourth-order valence-corrected chi connectivity index (χ4v) is 0.811. The summed E-state index contributed by atoms with van der Waals surface area (Å²) in [6, 6.07) is 0. The lowest BCUT2D eigenvalue weighted by atomic mass is 10.3. The van der Waals surface area contributed by atoms with E-state index in [9.17, 15) is 4.79 Å². The molecule has 0 aliphatic rings. The number of hydrogen-bond donors (Lipinski definition) is 0. The summed E-state index contributed by atoms with van der Waals surface area (Å²) in [6.07, 6.45) is 2.59. The highest BCUT2D eigenvalue weighted by Gasteiger charge is 1.97. The maximum Gasteiger partial charge on any atom is 0.305 e. The molecule has 0 aromatic heterocycles. The highest BCUT2D eigenvalue weighted by Crippen LogP contribution is 1.95. The first-order chi connectivity index (χ1) is 6.16. The van der Waals surface area contributed by atoms with Gasteiger partial charge in [-0.15, -0.1) is 0 Å². The Morgan fingerprint density at radius 3 is 2.38 bits per heavy atom. The van der Waals surface area contributed by atoms with Gasteiger partial charge in [0.1, 0.15) is 0 Å². The third kappa shape index (κ3) is 9.34. The van der Waals surface area contributed by atoms with E-state index in [0.717, 1.165) is 19.4 Å². The van der Waals surface area contributed by atoms with Crippen LogP contribution in [0.25, 0.3) is 0 Å². The Balaban J connectivity index is 3.04. The van der Waals surface area contributed by atoms with Crippen LogP contribution in [0, 0.1) is 0 Å². The van der Waals surface area contributed by atoms with Crippen LogP contribution in [0.3, 0.4) is 0 Å². The van der Waals surface area contributed by atoms with Crippen LogP contribution in [0.4, 0.5) is 0 Å². The topological polar surface area (TPSA) is 35.5 Å². The van der Waals surface area contributed by atoms with E-state index < -0.39 is 0 Å². The zero-order valence-corrected chi connectivity index (χ0v) is 8.84. The van der Waals surface area contributed by atoms with Gasteiger partial charge in [-0.3, -0.25) is 4.79 Å². The number of hydrogen-bond acceptors (Lipinski definition) is 3. The van der Waals surface area contributed by atoms with Gasteiger partial charge < -0.3 is 9.47 Å². The molecule has 0 spiro atoms. The maximum absolute atomic E-state index is 10.7. The molecule has 13 heavy (non-hydrogen) atoms. The molecule has 3 nitrogen and oxygen atoms in total. The molecule has 0 heterocycles. The predicted molar refractivity (Wildman–Crippen MR) is 51.6 cm³/mol. The first-order valence-electron chi connectivity index (χ1n) is 4.94. The van der Waals surface area contributed by atoms with Crippen molar-refractivity contribution in [3.63, 3.8) is 0 Å². The maximum atomic E-state index is 10.7. The summed E-state index contributed by atoms with van der Waals surface area (Å²) in [5, 5.41) is 0. The monoisotopic (exact) mass is 188 g/mol. The molecule has 0 radical (unpaired) electrons. The van der Waals surface area contributed by atoms with E-state index in [0.29, 0.717) is 13.0 Å². The summed E-state index contributed by atoms with van der Waals surface area (Å²) in [5.74, 6) is -0.121. The molecule has 0 fully saturated rings. The molecule has 0 N–H and O–H groups in total. The lowest BCUT2D eigenvalue weighted by Gasteiger charge is -2.07. The van der Waals surface area contributed by atoms with Crippen molar-refractivity contribution >= 4 is 5.97 Å². The number of esters is 1. The van der Waals surface area contributed by atoms with Crippen LogP contribution >= 0.6 is 0 Å². The minimum atomic E-state index is -0.121. The van der Waals surface area contributed by atoms with Gasteiger partial charge in [-0.2, -0.15) is 0 Å². The minimum absolute atomic E-state index is 0.121. The molecule has 0 unspecified atom stereocenters. The quantitative estimate of drug-likeness (QED) is 0.453. The SMILES string of the molecule is CCC(=O)OCCCCOC(C)C. The Bertz CT molecular complexity index is 132. The molecular formula is C10H20O3. The molecule has 0 aliphatic carbocycles. The Hall–Kier alpha value is -0.570. The second-order valence-corrected chi connectivity index (χ2v) is 3.20. The van der Waals surface area contributed by atoms with Gasteiger partial charge in [0.2, 0.25) is 0 Å². The zero-order chi connectivity index (χ0) is 10.1. The fourth-order valence-electron chi connectivity index (χ4n) is 0.811. The normalized spacial score (nSPS) is 10.5. The Labute approximate surface area is 80.4 Å². The van der Waals surface area contributed by atoms with Crippen molar-refractivity contribution in [2.24, 2.45) is 0 Å². The molecule has 0 rings (SSSR count). The van der Waals surface area contributed by atoms with Crippen molar-refractivity contribution in [1.29, 1.82) is 0 Å². The highest BCUT2D eigenvalue weighted by molar-refractivity contribution is 5.68. The van der Waals surface area contributed by atoms with Crippen molar-refractivity contribution < 1.29 is 14.3 Å². The van der Waals surface area contributed by atoms with E-state index >= 15 is 0 Å². The molecule has 0 saturated heterocycles. The third-order valence-electron chi connectivity index (χ3n) is 1.54. The molecule has 3 heteroatoms. The molecule has 0 aromatic carbocycles. The van der Waals surface area contributed by atoms with E-state index in [2.05, 4.69) is 0 Å². The molecule has 0 saturated carbocycles. The minimum Gasteiger partial charge on any atom is -0.466 e. The van der Waals surface area contributed by atoms with Gasteiger partial charge in [-0.1, -0.05) is 6.92 Å². The van der Waals surface area contributed by atoms with Gasteiger partial charge in [-0.05, 0) is 26.7 Å². The third-order valence-corrected chi connectivity index (χ3v) is 1.54. The molecule has 0 atom stereocenters. The number of carbonyl (C=O) groups excluding carboxylic acids is 1. The Morgan fingerprint density at radius 2 is 1.85 bits per heavy atom.